The highest BCUT2D eigenvalue weighted by atomic mass is 35.5. The van der Waals surface area contributed by atoms with Crippen LogP contribution in [0.25, 0.3) is 0 Å². The van der Waals surface area contributed by atoms with E-state index in [-0.39, 0.29) is 17.0 Å². The number of methoxy groups -OCH3 is 1. The number of nitrogens with one attached hydrogen (secondary N) is 2. The second kappa shape index (κ2) is 7.31. The number of halogens is 1. The van der Waals surface area contributed by atoms with Crippen LogP contribution in [0.2, 0.25) is 5.02 Å². The molecular formula is C23H28ClN3O2. The number of fused-ring (bicyclic) bond motifs is 1. The van der Waals surface area contributed by atoms with Crippen LogP contribution in [0, 0.1) is 6.92 Å². The summed E-state index contributed by atoms with van der Waals surface area (Å²) < 4.78 is 5.20. The minimum Gasteiger partial charge on any atom is -0.383 e. The van der Waals surface area contributed by atoms with E-state index < -0.39 is 0 Å². The number of hydrogen-bond donors (Lipinski definition) is 2. The Morgan fingerprint density at radius 1 is 1.21 bits per heavy atom. The van der Waals surface area contributed by atoms with Crippen LogP contribution in [0.15, 0.2) is 36.4 Å². The summed E-state index contributed by atoms with van der Waals surface area (Å²) in [6.07, 6.45) is 0. The molecule has 29 heavy (non-hydrogen) atoms. The molecule has 154 valence electrons. The molecule has 1 fully saturated rings. The van der Waals surface area contributed by atoms with Gasteiger partial charge in [-0.3, -0.25) is 4.79 Å². The molecule has 0 radical (unpaired) electrons. The molecule has 2 aromatic rings. The lowest BCUT2D eigenvalue weighted by Crippen LogP contribution is -2.61. The first-order valence-corrected chi connectivity index (χ1v) is 10.4. The fourth-order valence-corrected chi connectivity index (χ4v) is 4.74. The third kappa shape index (κ3) is 3.21. The van der Waals surface area contributed by atoms with Gasteiger partial charge in [-0.1, -0.05) is 29.8 Å². The average molecular weight is 414 g/mol. The van der Waals surface area contributed by atoms with Crippen molar-refractivity contribution in [3.63, 3.8) is 0 Å². The van der Waals surface area contributed by atoms with Crippen LogP contribution in [0.1, 0.15) is 40.9 Å². The monoisotopic (exact) mass is 413 g/mol. The summed E-state index contributed by atoms with van der Waals surface area (Å²) in [7, 11) is 1.66. The summed E-state index contributed by atoms with van der Waals surface area (Å²) >= 11 is 6.38. The van der Waals surface area contributed by atoms with Gasteiger partial charge in [-0.25, -0.2) is 0 Å². The van der Waals surface area contributed by atoms with Crippen molar-refractivity contribution in [2.45, 2.75) is 31.8 Å². The van der Waals surface area contributed by atoms with Crippen molar-refractivity contribution < 1.29 is 9.53 Å². The normalized spacial score (nSPS) is 19.1. The van der Waals surface area contributed by atoms with Crippen LogP contribution in [0.3, 0.4) is 0 Å². The first-order valence-electron chi connectivity index (χ1n) is 10.00. The zero-order valence-electron chi connectivity index (χ0n) is 17.4. The van der Waals surface area contributed by atoms with E-state index in [1.165, 1.54) is 5.56 Å². The Kier molecular flexibility index (Phi) is 5.09. The van der Waals surface area contributed by atoms with Crippen LogP contribution < -0.4 is 10.6 Å². The van der Waals surface area contributed by atoms with E-state index in [4.69, 9.17) is 16.3 Å². The smallest absolute Gasteiger partial charge is 0.255 e. The number of anilines is 1. The van der Waals surface area contributed by atoms with Crippen molar-refractivity contribution in [2.75, 3.05) is 38.7 Å². The molecule has 1 saturated heterocycles. The molecule has 1 amide bonds. The zero-order chi connectivity index (χ0) is 20.8. The maximum absolute atomic E-state index is 13.1. The van der Waals surface area contributed by atoms with Crippen LogP contribution in [0.4, 0.5) is 5.69 Å². The van der Waals surface area contributed by atoms with Gasteiger partial charge in [-0.15, -0.1) is 0 Å². The molecule has 0 saturated carbocycles. The van der Waals surface area contributed by atoms with Crippen LogP contribution >= 0.6 is 11.6 Å². The molecule has 0 bridgehead atoms. The second-order valence-electron chi connectivity index (χ2n) is 8.49. The fourth-order valence-electron chi connectivity index (χ4n) is 4.56. The molecule has 0 spiro atoms. The maximum Gasteiger partial charge on any atom is 0.255 e. The quantitative estimate of drug-likeness (QED) is 0.754. The molecule has 2 N–H and O–H groups in total. The van der Waals surface area contributed by atoms with Gasteiger partial charge in [0.05, 0.1) is 17.7 Å². The fraction of sp³-hybridized carbons (Fsp3) is 0.435. The number of amides is 1. The highest BCUT2D eigenvalue weighted by Gasteiger charge is 2.44. The third-order valence-corrected chi connectivity index (χ3v) is 6.78. The molecule has 0 aromatic heterocycles. The highest BCUT2D eigenvalue weighted by Crippen LogP contribution is 2.41. The van der Waals surface area contributed by atoms with Gasteiger partial charge in [0.2, 0.25) is 0 Å². The summed E-state index contributed by atoms with van der Waals surface area (Å²) in [5.41, 5.74) is 4.48. The van der Waals surface area contributed by atoms with E-state index >= 15 is 0 Å². The Morgan fingerprint density at radius 2 is 1.97 bits per heavy atom. The summed E-state index contributed by atoms with van der Waals surface area (Å²) in [6, 6.07) is 12.2. The summed E-state index contributed by atoms with van der Waals surface area (Å²) in [4.78, 5) is 15.0. The lowest BCUT2D eigenvalue weighted by Gasteiger charge is -2.45. The van der Waals surface area contributed by atoms with Crippen LogP contribution in [0.5, 0.6) is 0 Å². The van der Waals surface area contributed by atoms with E-state index in [1.807, 2.05) is 23.1 Å². The number of carbonyl (C=O) groups is 1. The van der Waals surface area contributed by atoms with Crippen molar-refractivity contribution in [2.24, 2.45) is 0 Å². The van der Waals surface area contributed by atoms with E-state index in [0.29, 0.717) is 13.2 Å². The molecule has 0 atom stereocenters. The SMILES string of the molecule is COCCN1C(=O)c2cc(NC3(c4cccc(Cl)c4C)CNC3)ccc2C1(C)C. The van der Waals surface area contributed by atoms with Gasteiger partial charge in [0.25, 0.3) is 5.91 Å². The molecule has 4 rings (SSSR count). The summed E-state index contributed by atoms with van der Waals surface area (Å²) in [5, 5.41) is 7.85. The Labute approximate surface area is 177 Å². The topological polar surface area (TPSA) is 53.6 Å². The van der Waals surface area contributed by atoms with Crippen molar-refractivity contribution >= 4 is 23.2 Å². The molecule has 0 unspecified atom stereocenters. The zero-order valence-corrected chi connectivity index (χ0v) is 18.2. The van der Waals surface area contributed by atoms with Gasteiger partial charge in [0.1, 0.15) is 0 Å². The molecule has 0 aliphatic carbocycles. The number of ether oxygens (including phenoxy) is 1. The van der Waals surface area contributed by atoms with Crippen molar-refractivity contribution in [3.05, 3.63) is 63.7 Å². The van der Waals surface area contributed by atoms with Crippen molar-refractivity contribution in [1.82, 2.24) is 10.2 Å². The predicted molar refractivity (Wildman–Crippen MR) is 117 cm³/mol. The second-order valence-corrected chi connectivity index (χ2v) is 8.90. The largest absolute Gasteiger partial charge is 0.383 e. The van der Waals surface area contributed by atoms with E-state index in [0.717, 1.165) is 40.5 Å². The molecule has 2 aliphatic rings. The minimum atomic E-state index is -0.345. The van der Waals surface area contributed by atoms with Crippen molar-refractivity contribution in [1.29, 1.82) is 0 Å². The summed E-state index contributed by atoms with van der Waals surface area (Å²) in [6.45, 7) is 8.96. The van der Waals surface area contributed by atoms with Gasteiger partial charge in [0.15, 0.2) is 0 Å². The number of rotatable bonds is 6. The van der Waals surface area contributed by atoms with Crippen molar-refractivity contribution in [3.8, 4) is 0 Å². The maximum atomic E-state index is 13.1. The standard InChI is InChI=1S/C23H28ClN3O2/c1-15-18(6-5-7-20(15)24)23(13-25-14-23)26-16-8-9-19-17(12-16)21(28)27(10-11-29-4)22(19,2)3/h5-9,12,25-26H,10-11,13-14H2,1-4H3. The number of hydrogen-bond acceptors (Lipinski definition) is 4. The lowest BCUT2D eigenvalue weighted by molar-refractivity contribution is 0.0522. The number of nitrogens with zero attached hydrogens (tertiary/aromatic N) is 1. The molecular weight excluding hydrogens is 386 g/mol. The molecule has 2 aliphatic heterocycles. The van der Waals surface area contributed by atoms with Gasteiger partial charge < -0.3 is 20.3 Å². The first-order chi connectivity index (χ1) is 13.8. The van der Waals surface area contributed by atoms with E-state index in [9.17, 15) is 4.79 Å². The van der Waals surface area contributed by atoms with Crippen LogP contribution in [-0.2, 0) is 15.8 Å². The minimum absolute atomic E-state index is 0.0606. The van der Waals surface area contributed by atoms with E-state index in [1.54, 1.807) is 7.11 Å². The Morgan fingerprint density at radius 3 is 2.62 bits per heavy atom. The Hall–Kier alpha value is -2.08. The number of carbonyl (C=O) groups excluding carboxylic acids is 1. The number of benzene rings is 2. The molecule has 2 aromatic carbocycles. The highest BCUT2D eigenvalue weighted by molar-refractivity contribution is 6.31. The molecule has 6 heteroatoms. The first kappa shape index (κ1) is 20.2. The van der Waals surface area contributed by atoms with Crippen LogP contribution in [-0.4, -0.2) is 44.2 Å². The lowest BCUT2D eigenvalue weighted by atomic mass is 9.81. The predicted octanol–water partition coefficient (Wildman–Crippen LogP) is 3.90. The van der Waals surface area contributed by atoms with Gasteiger partial charge in [-0.05, 0) is 55.7 Å². The summed E-state index contributed by atoms with van der Waals surface area (Å²) in [5.74, 6) is 0.0606. The molecule has 2 heterocycles. The van der Waals surface area contributed by atoms with Gasteiger partial charge in [0, 0.05) is 43.0 Å². The van der Waals surface area contributed by atoms with Gasteiger partial charge in [-0.2, -0.15) is 0 Å². The third-order valence-electron chi connectivity index (χ3n) is 6.37. The Balaban J connectivity index is 1.66. The van der Waals surface area contributed by atoms with Gasteiger partial charge >= 0.3 is 0 Å². The van der Waals surface area contributed by atoms with E-state index in [2.05, 4.69) is 49.6 Å². The Bertz CT molecular complexity index is 953. The average Bonchev–Trinajstić information content (AvgIpc) is 2.85. The molecule has 5 nitrogen and oxygen atoms in total.